The van der Waals surface area contributed by atoms with Crippen LogP contribution in [0.4, 0.5) is 11.4 Å². The summed E-state index contributed by atoms with van der Waals surface area (Å²) in [6.45, 7) is 3.29. The second-order valence-corrected chi connectivity index (χ2v) is 12.0. The van der Waals surface area contributed by atoms with Crippen LogP contribution in [0.5, 0.6) is 5.75 Å². The Balaban J connectivity index is 1.27. The standard InChI is InChI=1S/C34H36N4O4S/c1-23-8-5-10-26(18-23)34(40)38-17-16-30(22-38)35-28-12-7-13-29(21-28)36-43(41)32-20-25(14-15-31(32)42-4)24-9-6-11-27(19-24)33(39)37(2)3/h5-15,18-21,30,35-36H,16-17,22H2,1-4H3/t30-,43-/m0/s1. The number of methoxy groups -OCH3 is 1. The number of rotatable bonds is 9. The molecule has 4 aromatic carbocycles. The van der Waals surface area contributed by atoms with Crippen LogP contribution < -0.4 is 14.8 Å². The van der Waals surface area contributed by atoms with E-state index in [0.29, 0.717) is 40.5 Å². The van der Waals surface area contributed by atoms with E-state index in [1.165, 1.54) is 4.90 Å². The fraction of sp³-hybridized carbons (Fsp3) is 0.235. The van der Waals surface area contributed by atoms with E-state index in [-0.39, 0.29) is 17.9 Å². The highest BCUT2D eigenvalue weighted by molar-refractivity contribution is 7.92. The molecule has 0 unspecified atom stereocenters. The van der Waals surface area contributed by atoms with Gasteiger partial charge < -0.3 is 24.4 Å². The zero-order chi connectivity index (χ0) is 30.5. The molecule has 0 radical (unpaired) electrons. The molecule has 2 amide bonds. The largest absolute Gasteiger partial charge is 0.588 e. The smallest absolute Gasteiger partial charge is 0.253 e. The first-order valence-corrected chi connectivity index (χ1v) is 15.3. The Kier molecular flexibility index (Phi) is 9.23. The third-order valence-corrected chi connectivity index (χ3v) is 8.54. The average Bonchev–Trinajstić information content (AvgIpc) is 3.48. The second-order valence-electron chi connectivity index (χ2n) is 10.8. The highest BCUT2D eigenvalue weighted by Crippen LogP contribution is 2.32. The van der Waals surface area contributed by atoms with E-state index in [1.54, 1.807) is 33.3 Å². The minimum Gasteiger partial charge on any atom is -0.588 e. The molecule has 1 saturated heterocycles. The van der Waals surface area contributed by atoms with Crippen molar-refractivity contribution in [3.05, 3.63) is 108 Å². The van der Waals surface area contributed by atoms with Gasteiger partial charge in [-0.2, -0.15) is 0 Å². The number of anilines is 2. The maximum atomic E-state index is 13.6. The number of hydrogen-bond donors (Lipinski definition) is 2. The molecule has 0 aromatic heterocycles. The van der Waals surface area contributed by atoms with Gasteiger partial charge in [-0.25, -0.2) is 4.72 Å². The summed E-state index contributed by atoms with van der Waals surface area (Å²) in [4.78, 5) is 29.4. The lowest BCUT2D eigenvalue weighted by Crippen LogP contribution is -2.31. The molecule has 2 atom stereocenters. The van der Waals surface area contributed by atoms with Crippen LogP contribution in [0.2, 0.25) is 0 Å². The first-order chi connectivity index (χ1) is 20.7. The Morgan fingerprint density at radius 1 is 0.907 bits per heavy atom. The van der Waals surface area contributed by atoms with Crippen molar-refractivity contribution in [3.63, 3.8) is 0 Å². The number of nitrogens with one attached hydrogen (secondary N) is 2. The normalized spacial score (nSPS) is 15.1. The monoisotopic (exact) mass is 596 g/mol. The molecule has 0 saturated carbocycles. The van der Waals surface area contributed by atoms with Gasteiger partial charge in [0, 0.05) is 56.1 Å². The third kappa shape index (κ3) is 7.13. The summed E-state index contributed by atoms with van der Waals surface area (Å²) >= 11 is -1.63. The number of nitrogens with zero attached hydrogens (tertiary/aromatic N) is 2. The molecule has 0 spiro atoms. The average molecular weight is 597 g/mol. The molecule has 0 bridgehead atoms. The van der Waals surface area contributed by atoms with Crippen molar-refractivity contribution in [3.8, 4) is 16.9 Å². The highest BCUT2D eigenvalue weighted by Gasteiger charge is 2.27. The van der Waals surface area contributed by atoms with E-state index in [4.69, 9.17) is 4.74 Å². The first-order valence-electron chi connectivity index (χ1n) is 14.1. The number of carbonyl (C=O) groups is 2. The SMILES string of the molecule is COc1ccc(-c2cccc(C(=O)N(C)C)c2)cc1[S@+]([O-])Nc1cccc(N[C@H]2CCN(C(=O)c3cccc(C)c3)C2)c1. The number of hydrogen-bond acceptors (Lipinski definition) is 6. The zero-order valence-corrected chi connectivity index (χ0v) is 25.6. The summed E-state index contributed by atoms with van der Waals surface area (Å²) in [6.07, 6.45) is 0.840. The van der Waals surface area contributed by atoms with E-state index < -0.39 is 11.4 Å². The topological polar surface area (TPSA) is 97.0 Å². The molecule has 1 aliphatic heterocycles. The molecule has 43 heavy (non-hydrogen) atoms. The van der Waals surface area contributed by atoms with Gasteiger partial charge in [0.05, 0.1) is 12.8 Å². The van der Waals surface area contributed by atoms with Gasteiger partial charge in [0.1, 0.15) is 11.4 Å². The van der Waals surface area contributed by atoms with Gasteiger partial charge in [-0.1, -0.05) is 42.0 Å². The maximum Gasteiger partial charge on any atom is 0.253 e. The molecule has 5 rings (SSSR count). The second kappa shape index (κ2) is 13.2. The summed E-state index contributed by atoms with van der Waals surface area (Å²) in [5.74, 6) is 0.456. The van der Waals surface area contributed by atoms with Crippen LogP contribution in [0.1, 0.15) is 32.7 Å². The predicted octanol–water partition coefficient (Wildman–Crippen LogP) is 5.83. The van der Waals surface area contributed by atoms with Crippen LogP contribution in [0.3, 0.4) is 0 Å². The quantitative estimate of drug-likeness (QED) is 0.236. The highest BCUT2D eigenvalue weighted by atomic mass is 32.2. The third-order valence-electron chi connectivity index (χ3n) is 7.40. The van der Waals surface area contributed by atoms with E-state index in [1.807, 2.05) is 90.7 Å². The first kappa shape index (κ1) is 30.0. The van der Waals surface area contributed by atoms with E-state index >= 15 is 0 Å². The van der Waals surface area contributed by atoms with Crippen molar-refractivity contribution in [1.82, 2.24) is 9.80 Å². The van der Waals surface area contributed by atoms with Gasteiger partial charge in [-0.3, -0.25) is 9.59 Å². The zero-order valence-electron chi connectivity index (χ0n) is 24.8. The Hall–Kier alpha value is -4.47. The van der Waals surface area contributed by atoms with Gasteiger partial charge in [-0.15, -0.1) is 0 Å². The predicted molar refractivity (Wildman–Crippen MR) is 172 cm³/mol. The lowest BCUT2D eigenvalue weighted by atomic mass is 10.0. The Morgan fingerprint density at radius 3 is 2.40 bits per heavy atom. The van der Waals surface area contributed by atoms with Crippen LogP contribution in [0, 0.1) is 6.92 Å². The number of amides is 2. The molecular formula is C34H36N4O4S. The van der Waals surface area contributed by atoms with E-state index in [0.717, 1.165) is 28.8 Å². The van der Waals surface area contributed by atoms with Crippen LogP contribution in [0.25, 0.3) is 11.1 Å². The molecule has 2 N–H and O–H groups in total. The van der Waals surface area contributed by atoms with Gasteiger partial charge in [-0.05, 0) is 73.0 Å². The molecule has 1 heterocycles. The summed E-state index contributed by atoms with van der Waals surface area (Å²) in [7, 11) is 4.98. The van der Waals surface area contributed by atoms with E-state index in [2.05, 4.69) is 10.0 Å². The van der Waals surface area contributed by atoms with Crippen molar-refractivity contribution >= 4 is 34.6 Å². The lowest BCUT2D eigenvalue weighted by Gasteiger charge is -2.19. The number of aryl methyl sites for hydroxylation is 1. The molecule has 1 aliphatic rings. The van der Waals surface area contributed by atoms with Gasteiger partial charge in [0.2, 0.25) is 4.90 Å². The van der Waals surface area contributed by atoms with Crippen molar-refractivity contribution in [2.75, 3.05) is 44.3 Å². The number of ether oxygens (including phenoxy) is 1. The molecule has 0 aliphatic carbocycles. The molecule has 9 heteroatoms. The molecular weight excluding hydrogens is 560 g/mol. The lowest BCUT2D eigenvalue weighted by molar-refractivity contribution is 0.0790. The minimum atomic E-state index is -1.63. The van der Waals surface area contributed by atoms with Crippen LogP contribution >= 0.6 is 0 Å². The fourth-order valence-corrected chi connectivity index (χ4v) is 6.20. The fourth-order valence-electron chi connectivity index (χ4n) is 5.18. The van der Waals surface area contributed by atoms with Crippen LogP contribution in [-0.4, -0.2) is 66.5 Å². The molecule has 4 aromatic rings. The van der Waals surface area contributed by atoms with E-state index in [9.17, 15) is 14.1 Å². The van der Waals surface area contributed by atoms with Crippen molar-refractivity contribution < 1.29 is 18.9 Å². The van der Waals surface area contributed by atoms with Gasteiger partial charge >= 0.3 is 0 Å². The number of benzene rings is 4. The minimum absolute atomic E-state index is 0.0472. The Labute approximate surface area is 256 Å². The van der Waals surface area contributed by atoms with Crippen molar-refractivity contribution in [2.24, 2.45) is 0 Å². The van der Waals surface area contributed by atoms with Gasteiger partial charge in [0.15, 0.2) is 5.75 Å². The van der Waals surface area contributed by atoms with Gasteiger partial charge in [0.25, 0.3) is 11.8 Å². The summed E-state index contributed by atoms with van der Waals surface area (Å²) in [5, 5.41) is 3.53. The number of likely N-dealkylation sites (tertiary alicyclic amines) is 1. The summed E-state index contributed by atoms with van der Waals surface area (Å²) < 4.78 is 22.2. The van der Waals surface area contributed by atoms with Crippen LogP contribution in [-0.2, 0) is 11.4 Å². The maximum absolute atomic E-state index is 13.6. The van der Waals surface area contributed by atoms with Crippen molar-refractivity contribution in [1.29, 1.82) is 0 Å². The summed E-state index contributed by atoms with van der Waals surface area (Å²) in [5.41, 5.74) is 5.57. The van der Waals surface area contributed by atoms with Crippen molar-refractivity contribution in [2.45, 2.75) is 24.3 Å². The molecule has 1 fully saturated rings. The molecule has 8 nitrogen and oxygen atoms in total. The summed E-state index contributed by atoms with van der Waals surface area (Å²) in [6, 6.07) is 28.3. The van der Waals surface area contributed by atoms with Crippen LogP contribution in [0.15, 0.2) is 95.9 Å². The Morgan fingerprint density at radius 2 is 1.63 bits per heavy atom. The molecule has 222 valence electrons. The number of carbonyl (C=O) groups excluding carboxylic acids is 2. The Bertz CT molecular complexity index is 1630.